The standard InChI is InChI=1S/C19H22N4O2/c1-13-14(2)23-12-17(15-5-4-6-16(11-15)24-3)21-18(19(23)20-13)22-7-9-25-10-8-22/h4-6,11-12H,7-10H2,1-3H3. The van der Waals surface area contributed by atoms with Gasteiger partial charge < -0.3 is 14.4 Å². The summed E-state index contributed by atoms with van der Waals surface area (Å²) in [6.45, 7) is 7.22. The Kier molecular flexibility index (Phi) is 4.05. The average molecular weight is 338 g/mol. The molecule has 6 nitrogen and oxygen atoms in total. The summed E-state index contributed by atoms with van der Waals surface area (Å²) in [4.78, 5) is 12.0. The fourth-order valence-corrected chi connectivity index (χ4v) is 3.17. The number of hydrogen-bond acceptors (Lipinski definition) is 5. The highest BCUT2D eigenvalue weighted by atomic mass is 16.5. The maximum atomic E-state index is 5.49. The second kappa shape index (κ2) is 6.37. The van der Waals surface area contributed by atoms with Crippen molar-refractivity contribution in [2.24, 2.45) is 0 Å². The number of anilines is 1. The molecule has 4 rings (SSSR count). The van der Waals surface area contributed by atoms with Crippen molar-refractivity contribution in [3.8, 4) is 17.0 Å². The summed E-state index contributed by atoms with van der Waals surface area (Å²) in [7, 11) is 1.68. The number of ether oxygens (including phenoxy) is 2. The molecule has 3 heterocycles. The fourth-order valence-electron chi connectivity index (χ4n) is 3.17. The Morgan fingerprint density at radius 3 is 2.68 bits per heavy atom. The molecule has 1 saturated heterocycles. The average Bonchev–Trinajstić information content (AvgIpc) is 2.96. The van der Waals surface area contributed by atoms with Crippen molar-refractivity contribution in [1.29, 1.82) is 0 Å². The molecule has 3 aromatic rings. The van der Waals surface area contributed by atoms with E-state index in [1.165, 1.54) is 0 Å². The zero-order valence-corrected chi connectivity index (χ0v) is 14.8. The Morgan fingerprint density at radius 1 is 1.12 bits per heavy atom. The van der Waals surface area contributed by atoms with E-state index in [2.05, 4.69) is 28.5 Å². The molecule has 0 N–H and O–H groups in total. The first-order valence-corrected chi connectivity index (χ1v) is 8.51. The van der Waals surface area contributed by atoms with Gasteiger partial charge in [-0.3, -0.25) is 4.40 Å². The van der Waals surface area contributed by atoms with Gasteiger partial charge in [0.25, 0.3) is 0 Å². The van der Waals surface area contributed by atoms with Crippen molar-refractivity contribution in [1.82, 2.24) is 14.4 Å². The molecule has 1 fully saturated rings. The third kappa shape index (κ3) is 2.82. The van der Waals surface area contributed by atoms with E-state index in [1.807, 2.05) is 25.1 Å². The number of fused-ring (bicyclic) bond motifs is 1. The van der Waals surface area contributed by atoms with Crippen molar-refractivity contribution in [2.45, 2.75) is 13.8 Å². The number of methoxy groups -OCH3 is 1. The van der Waals surface area contributed by atoms with Crippen molar-refractivity contribution in [2.75, 3.05) is 38.3 Å². The first kappa shape index (κ1) is 15.9. The Hall–Kier alpha value is -2.60. The Balaban J connectivity index is 1.91. The second-order valence-electron chi connectivity index (χ2n) is 6.26. The van der Waals surface area contributed by atoms with Crippen LogP contribution in [0, 0.1) is 13.8 Å². The number of rotatable bonds is 3. The highest BCUT2D eigenvalue weighted by Gasteiger charge is 2.20. The Labute approximate surface area is 147 Å². The molecule has 0 amide bonds. The Bertz CT molecular complexity index is 913. The van der Waals surface area contributed by atoms with Gasteiger partial charge in [0.05, 0.1) is 31.7 Å². The maximum Gasteiger partial charge on any atom is 0.180 e. The van der Waals surface area contributed by atoms with E-state index >= 15 is 0 Å². The molecular formula is C19H22N4O2. The van der Waals surface area contributed by atoms with Crippen LogP contribution in [0.2, 0.25) is 0 Å². The van der Waals surface area contributed by atoms with Crippen molar-refractivity contribution in [3.05, 3.63) is 41.9 Å². The van der Waals surface area contributed by atoms with Crippen LogP contribution in [0.5, 0.6) is 5.75 Å². The van der Waals surface area contributed by atoms with Crippen LogP contribution in [0.1, 0.15) is 11.4 Å². The molecule has 1 aromatic carbocycles. The van der Waals surface area contributed by atoms with Gasteiger partial charge in [-0.25, -0.2) is 9.97 Å². The van der Waals surface area contributed by atoms with Gasteiger partial charge in [-0.1, -0.05) is 12.1 Å². The number of imidazole rings is 1. The van der Waals surface area contributed by atoms with Crippen molar-refractivity contribution >= 4 is 11.5 Å². The van der Waals surface area contributed by atoms with E-state index in [0.29, 0.717) is 0 Å². The van der Waals surface area contributed by atoms with E-state index in [4.69, 9.17) is 19.4 Å². The third-order valence-electron chi connectivity index (χ3n) is 4.74. The number of morpholine rings is 1. The molecular weight excluding hydrogens is 316 g/mol. The second-order valence-corrected chi connectivity index (χ2v) is 6.26. The van der Waals surface area contributed by atoms with Gasteiger partial charge in [0.2, 0.25) is 0 Å². The molecule has 130 valence electrons. The first-order chi connectivity index (χ1) is 12.2. The van der Waals surface area contributed by atoms with E-state index in [1.54, 1.807) is 7.11 Å². The van der Waals surface area contributed by atoms with Gasteiger partial charge in [0.1, 0.15) is 5.75 Å². The number of aryl methyl sites for hydroxylation is 2. The summed E-state index contributed by atoms with van der Waals surface area (Å²) < 4.78 is 13.0. The molecule has 0 radical (unpaired) electrons. The molecule has 1 aliphatic heterocycles. The van der Waals surface area contributed by atoms with Crippen LogP contribution >= 0.6 is 0 Å². The van der Waals surface area contributed by atoms with Crippen LogP contribution in [0.4, 0.5) is 5.82 Å². The molecule has 0 spiro atoms. The molecule has 1 aliphatic rings. The van der Waals surface area contributed by atoms with Crippen LogP contribution < -0.4 is 9.64 Å². The molecule has 25 heavy (non-hydrogen) atoms. The van der Waals surface area contributed by atoms with E-state index in [9.17, 15) is 0 Å². The summed E-state index contributed by atoms with van der Waals surface area (Å²) >= 11 is 0. The zero-order valence-electron chi connectivity index (χ0n) is 14.8. The highest BCUT2D eigenvalue weighted by Crippen LogP contribution is 2.28. The SMILES string of the molecule is COc1cccc(-c2cn3c(C)c(C)nc3c(N3CCOCC3)n2)c1. The van der Waals surface area contributed by atoms with Gasteiger partial charge in [0, 0.05) is 30.5 Å². The molecule has 0 atom stereocenters. The maximum absolute atomic E-state index is 5.49. The minimum absolute atomic E-state index is 0.718. The summed E-state index contributed by atoms with van der Waals surface area (Å²) in [5.41, 5.74) is 5.01. The van der Waals surface area contributed by atoms with E-state index in [-0.39, 0.29) is 0 Å². The third-order valence-corrected chi connectivity index (χ3v) is 4.74. The molecule has 2 aromatic heterocycles. The van der Waals surface area contributed by atoms with Crippen LogP contribution in [0.25, 0.3) is 16.9 Å². The predicted molar refractivity (Wildman–Crippen MR) is 97.5 cm³/mol. The lowest BCUT2D eigenvalue weighted by Gasteiger charge is -2.28. The lowest BCUT2D eigenvalue weighted by Crippen LogP contribution is -2.37. The van der Waals surface area contributed by atoms with Gasteiger partial charge in [-0.2, -0.15) is 0 Å². The van der Waals surface area contributed by atoms with Crippen LogP contribution in [0.15, 0.2) is 30.5 Å². The van der Waals surface area contributed by atoms with E-state index < -0.39 is 0 Å². The highest BCUT2D eigenvalue weighted by molar-refractivity contribution is 5.72. The number of aromatic nitrogens is 3. The minimum Gasteiger partial charge on any atom is -0.497 e. The van der Waals surface area contributed by atoms with Gasteiger partial charge in [-0.05, 0) is 26.0 Å². The largest absolute Gasteiger partial charge is 0.497 e. The smallest absolute Gasteiger partial charge is 0.180 e. The predicted octanol–water partition coefficient (Wildman–Crippen LogP) is 2.86. The fraction of sp³-hybridized carbons (Fsp3) is 0.368. The van der Waals surface area contributed by atoms with Crippen LogP contribution in [0.3, 0.4) is 0 Å². The van der Waals surface area contributed by atoms with Crippen LogP contribution in [-0.4, -0.2) is 47.8 Å². The zero-order chi connectivity index (χ0) is 17.4. The lowest BCUT2D eigenvalue weighted by atomic mass is 10.1. The van der Waals surface area contributed by atoms with Gasteiger partial charge in [-0.15, -0.1) is 0 Å². The monoisotopic (exact) mass is 338 g/mol. The summed E-state index contributed by atoms with van der Waals surface area (Å²) in [5, 5.41) is 0. The summed E-state index contributed by atoms with van der Waals surface area (Å²) in [5.74, 6) is 1.74. The summed E-state index contributed by atoms with van der Waals surface area (Å²) in [6.07, 6.45) is 2.06. The number of benzene rings is 1. The summed E-state index contributed by atoms with van der Waals surface area (Å²) in [6, 6.07) is 7.99. The molecule has 0 bridgehead atoms. The topological polar surface area (TPSA) is 51.9 Å². The molecule has 0 saturated carbocycles. The molecule has 0 unspecified atom stereocenters. The van der Waals surface area contributed by atoms with Gasteiger partial charge in [0.15, 0.2) is 11.5 Å². The van der Waals surface area contributed by atoms with Crippen molar-refractivity contribution < 1.29 is 9.47 Å². The normalized spacial score (nSPS) is 14.9. The number of nitrogens with zero attached hydrogens (tertiary/aromatic N) is 4. The molecule has 0 aliphatic carbocycles. The quantitative estimate of drug-likeness (QED) is 0.735. The Morgan fingerprint density at radius 2 is 1.92 bits per heavy atom. The van der Waals surface area contributed by atoms with Crippen LogP contribution in [-0.2, 0) is 4.74 Å². The number of hydrogen-bond donors (Lipinski definition) is 0. The molecule has 6 heteroatoms. The van der Waals surface area contributed by atoms with Crippen molar-refractivity contribution in [3.63, 3.8) is 0 Å². The van der Waals surface area contributed by atoms with E-state index in [0.717, 1.165) is 66.2 Å². The lowest BCUT2D eigenvalue weighted by molar-refractivity contribution is 0.122. The minimum atomic E-state index is 0.718. The van der Waals surface area contributed by atoms with Gasteiger partial charge >= 0.3 is 0 Å². The first-order valence-electron chi connectivity index (χ1n) is 8.51.